The quantitative estimate of drug-likeness (QED) is 0.660. The molecule has 1 saturated heterocycles. The van der Waals surface area contributed by atoms with Crippen molar-refractivity contribution < 1.29 is 4.74 Å². The molecule has 1 aliphatic rings. The van der Waals surface area contributed by atoms with E-state index in [0.717, 1.165) is 42.8 Å². The Bertz CT molecular complexity index is 1010. The monoisotopic (exact) mass is 414 g/mol. The molecule has 1 aromatic carbocycles. The maximum Gasteiger partial charge on any atom is 0.322 e. The molecular formula is C21H27ClN6O. The summed E-state index contributed by atoms with van der Waals surface area (Å²) in [6, 6.07) is 8.17. The van der Waals surface area contributed by atoms with E-state index >= 15 is 0 Å². The fourth-order valence-corrected chi connectivity index (χ4v) is 4.09. The summed E-state index contributed by atoms with van der Waals surface area (Å²) in [5.74, 6) is 0.530. The summed E-state index contributed by atoms with van der Waals surface area (Å²) in [6.07, 6.45) is 2.11. The molecule has 2 atom stereocenters. The number of nitrogens with two attached hydrogens (primary N) is 1. The van der Waals surface area contributed by atoms with Gasteiger partial charge in [-0.1, -0.05) is 44.5 Å². The summed E-state index contributed by atoms with van der Waals surface area (Å²) in [5, 5.41) is 8.83. The van der Waals surface area contributed by atoms with E-state index < -0.39 is 0 Å². The number of nitrogens with zero attached hydrogens (tertiary/aromatic N) is 4. The fraction of sp³-hybridized carbons (Fsp3) is 0.476. The smallest absolute Gasteiger partial charge is 0.322 e. The highest BCUT2D eigenvalue weighted by molar-refractivity contribution is 6.30. The van der Waals surface area contributed by atoms with Crippen molar-refractivity contribution in [1.29, 1.82) is 0 Å². The van der Waals surface area contributed by atoms with E-state index in [0.29, 0.717) is 16.7 Å². The number of fused-ring (bicyclic) bond motifs is 1. The van der Waals surface area contributed by atoms with Crippen molar-refractivity contribution in [3.8, 4) is 6.01 Å². The van der Waals surface area contributed by atoms with Crippen LogP contribution in [0.3, 0.4) is 0 Å². The average Bonchev–Trinajstić information content (AvgIpc) is 3.08. The van der Waals surface area contributed by atoms with Gasteiger partial charge in [0.1, 0.15) is 6.10 Å². The second-order valence-corrected chi connectivity index (χ2v) is 8.35. The molecule has 29 heavy (non-hydrogen) atoms. The van der Waals surface area contributed by atoms with E-state index in [-0.39, 0.29) is 23.9 Å². The first-order valence-corrected chi connectivity index (χ1v) is 10.5. The van der Waals surface area contributed by atoms with Gasteiger partial charge in [0.15, 0.2) is 5.65 Å². The standard InChI is InChI=1S/C21H27ClN6O/c1-12(2)17-18(13(3)14-6-4-7-15(22)10-14)27-28-19(17)25-21(26-20(28)23)29-16-8-5-9-24-11-16/h4,6-7,10,12-13,16,24H,5,8-9,11H2,1-3H3,(H2,23,25,26)/t13-,16+/m0/s1. The van der Waals surface area contributed by atoms with Gasteiger partial charge >= 0.3 is 6.01 Å². The Balaban J connectivity index is 1.77. The topological polar surface area (TPSA) is 90.4 Å². The highest BCUT2D eigenvalue weighted by Crippen LogP contribution is 2.34. The van der Waals surface area contributed by atoms with Crippen LogP contribution in [-0.2, 0) is 0 Å². The number of hydrogen-bond acceptors (Lipinski definition) is 6. The number of nitrogen functional groups attached to an aromatic ring is 1. The predicted molar refractivity (Wildman–Crippen MR) is 115 cm³/mol. The van der Waals surface area contributed by atoms with Crippen LogP contribution in [-0.4, -0.2) is 38.8 Å². The molecule has 1 aliphatic heterocycles. The number of aromatic nitrogens is 4. The maximum atomic E-state index is 6.24. The van der Waals surface area contributed by atoms with Crippen molar-refractivity contribution in [1.82, 2.24) is 24.9 Å². The molecule has 154 valence electrons. The van der Waals surface area contributed by atoms with Gasteiger partial charge in [0.05, 0.1) is 5.69 Å². The average molecular weight is 415 g/mol. The number of halogens is 1. The largest absolute Gasteiger partial charge is 0.459 e. The molecule has 7 nitrogen and oxygen atoms in total. The highest BCUT2D eigenvalue weighted by atomic mass is 35.5. The van der Waals surface area contributed by atoms with Crippen LogP contribution in [0.5, 0.6) is 6.01 Å². The molecule has 0 unspecified atom stereocenters. The van der Waals surface area contributed by atoms with E-state index in [4.69, 9.17) is 32.2 Å². The summed E-state index contributed by atoms with van der Waals surface area (Å²) < 4.78 is 7.65. The van der Waals surface area contributed by atoms with E-state index in [9.17, 15) is 0 Å². The van der Waals surface area contributed by atoms with Gasteiger partial charge in [-0.15, -0.1) is 0 Å². The van der Waals surface area contributed by atoms with E-state index in [2.05, 4.69) is 37.1 Å². The summed E-state index contributed by atoms with van der Waals surface area (Å²) in [4.78, 5) is 9.05. The lowest BCUT2D eigenvalue weighted by Crippen LogP contribution is -2.37. The summed E-state index contributed by atoms with van der Waals surface area (Å²) >= 11 is 6.21. The van der Waals surface area contributed by atoms with Crippen LogP contribution in [0.4, 0.5) is 5.95 Å². The van der Waals surface area contributed by atoms with E-state index in [1.807, 2.05) is 18.2 Å². The normalized spacial score (nSPS) is 18.3. The van der Waals surface area contributed by atoms with Crippen molar-refractivity contribution in [3.63, 3.8) is 0 Å². The SMILES string of the molecule is CC(C)c1c([C@@H](C)c2cccc(Cl)c2)nn2c(N)nc(O[C@@H]3CCCNC3)nc12. The van der Waals surface area contributed by atoms with Gasteiger partial charge in [-0.3, -0.25) is 0 Å². The van der Waals surface area contributed by atoms with Gasteiger partial charge in [0.2, 0.25) is 5.95 Å². The molecular weight excluding hydrogens is 388 g/mol. The van der Waals surface area contributed by atoms with Crippen LogP contribution in [0, 0.1) is 0 Å². The Kier molecular flexibility index (Phi) is 5.61. The molecule has 0 spiro atoms. The van der Waals surface area contributed by atoms with Crippen LogP contribution in [0.15, 0.2) is 24.3 Å². The molecule has 3 heterocycles. The maximum absolute atomic E-state index is 6.24. The summed E-state index contributed by atoms with van der Waals surface area (Å²) in [7, 11) is 0. The molecule has 0 bridgehead atoms. The fourth-order valence-electron chi connectivity index (χ4n) is 3.90. The van der Waals surface area contributed by atoms with Crippen molar-refractivity contribution >= 4 is 23.2 Å². The lowest BCUT2D eigenvalue weighted by atomic mass is 9.91. The minimum atomic E-state index is 0.0408. The minimum Gasteiger partial charge on any atom is -0.459 e. The van der Waals surface area contributed by atoms with Gasteiger partial charge in [-0.05, 0) is 43.0 Å². The number of benzene rings is 1. The molecule has 3 aromatic rings. The van der Waals surface area contributed by atoms with Crippen LogP contribution in [0.25, 0.3) is 5.65 Å². The first kappa shape index (κ1) is 19.9. The van der Waals surface area contributed by atoms with E-state index in [1.54, 1.807) is 4.52 Å². The zero-order chi connectivity index (χ0) is 20.5. The Morgan fingerprint density at radius 1 is 1.28 bits per heavy atom. The summed E-state index contributed by atoms with van der Waals surface area (Å²) in [6.45, 7) is 8.20. The molecule has 0 aliphatic carbocycles. The molecule has 2 aromatic heterocycles. The van der Waals surface area contributed by atoms with Gasteiger partial charge in [0, 0.05) is 23.0 Å². The third kappa shape index (κ3) is 4.02. The third-order valence-electron chi connectivity index (χ3n) is 5.41. The molecule has 4 rings (SSSR count). The predicted octanol–water partition coefficient (Wildman–Crippen LogP) is 3.77. The zero-order valence-electron chi connectivity index (χ0n) is 17.0. The molecule has 8 heteroatoms. The van der Waals surface area contributed by atoms with Crippen LogP contribution in [0.2, 0.25) is 5.02 Å². The second kappa shape index (κ2) is 8.16. The number of ether oxygens (including phenoxy) is 1. The first-order chi connectivity index (χ1) is 13.9. The number of anilines is 1. The third-order valence-corrected chi connectivity index (χ3v) is 5.65. The number of rotatable bonds is 5. The summed E-state index contributed by atoms with van der Waals surface area (Å²) in [5.41, 5.74) is 10.0. The number of nitrogens with one attached hydrogen (secondary N) is 1. The van der Waals surface area contributed by atoms with Gasteiger partial charge in [-0.25, -0.2) is 0 Å². The molecule has 0 radical (unpaired) electrons. The lowest BCUT2D eigenvalue weighted by Gasteiger charge is -2.22. The molecule has 0 saturated carbocycles. The van der Waals surface area contributed by atoms with Gasteiger partial charge in [0.25, 0.3) is 0 Å². The van der Waals surface area contributed by atoms with Crippen molar-refractivity contribution in [2.24, 2.45) is 0 Å². The second-order valence-electron chi connectivity index (χ2n) is 7.92. The van der Waals surface area contributed by atoms with Gasteiger partial charge < -0.3 is 15.8 Å². The number of hydrogen-bond donors (Lipinski definition) is 2. The molecule has 0 amide bonds. The Morgan fingerprint density at radius 2 is 2.10 bits per heavy atom. The minimum absolute atomic E-state index is 0.0408. The van der Waals surface area contributed by atoms with E-state index in [1.165, 1.54) is 0 Å². The van der Waals surface area contributed by atoms with Gasteiger partial charge in [-0.2, -0.15) is 19.6 Å². The Morgan fingerprint density at radius 3 is 2.79 bits per heavy atom. The van der Waals surface area contributed by atoms with Crippen molar-refractivity contribution in [3.05, 3.63) is 46.1 Å². The Labute approximate surface area is 175 Å². The van der Waals surface area contributed by atoms with Crippen LogP contribution >= 0.6 is 11.6 Å². The van der Waals surface area contributed by atoms with Crippen molar-refractivity contribution in [2.45, 2.75) is 51.6 Å². The Hall–Kier alpha value is -2.38. The number of piperidine rings is 1. The molecule has 3 N–H and O–H groups in total. The lowest BCUT2D eigenvalue weighted by molar-refractivity contribution is 0.153. The zero-order valence-corrected chi connectivity index (χ0v) is 17.8. The first-order valence-electron chi connectivity index (χ1n) is 10.1. The van der Waals surface area contributed by atoms with Crippen LogP contribution in [0.1, 0.15) is 62.3 Å². The van der Waals surface area contributed by atoms with Crippen LogP contribution < -0.4 is 15.8 Å². The highest BCUT2D eigenvalue weighted by Gasteiger charge is 2.25. The molecule has 1 fully saturated rings. The van der Waals surface area contributed by atoms with Crippen molar-refractivity contribution in [2.75, 3.05) is 18.8 Å².